The Morgan fingerprint density at radius 1 is 1.21 bits per heavy atom. The van der Waals surface area contributed by atoms with Crippen LogP contribution in [0.15, 0.2) is 0 Å². The van der Waals surface area contributed by atoms with Crippen LogP contribution in [0.4, 0.5) is 0 Å². The molecule has 1 aliphatic rings. The summed E-state index contributed by atoms with van der Waals surface area (Å²) in [6.07, 6.45) is 2.32. The molecule has 1 amide bonds. The molecule has 0 spiro atoms. The van der Waals surface area contributed by atoms with E-state index in [2.05, 4.69) is 20.8 Å². The molecule has 4 atom stereocenters. The number of aliphatic carboxylic acids is 1. The summed E-state index contributed by atoms with van der Waals surface area (Å²) in [6, 6.07) is 0.141. The van der Waals surface area contributed by atoms with Crippen molar-refractivity contribution in [1.29, 1.82) is 0 Å². The zero-order valence-corrected chi connectivity index (χ0v) is 12.7. The Bertz CT molecular complexity index is 340. The predicted molar refractivity (Wildman–Crippen MR) is 74.7 cm³/mol. The van der Waals surface area contributed by atoms with Gasteiger partial charge in [0.15, 0.2) is 0 Å². The molecule has 0 aromatic rings. The van der Waals surface area contributed by atoms with Crippen molar-refractivity contribution in [2.24, 2.45) is 23.7 Å². The average Bonchev–Trinajstić information content (AvgIpc) is 2.80. The minimum atomic E-state index is -0.820. The standard InChI is InChI=1S/C15H27NO3/c1-6-11-7-12(13(8-11)15(18)19)14(17)16(5)10(4)9(2)3/h9-13H,6-8H2,1-5H3,(H,18,19). The minimum absolute atomic E-state index is 0.00421. The molecule has 0 aromatic heterocycles. The Kier molecular flexibility index (Phi) is 5.39. The smallest absolute Gasteiger partial charge is 0.307 e. The van der Waals surface area contributed by atoms with E-state index in [0.717, 1.165) is 12.8 Å². The van der Waals surface area contributed by atoms with E-state index in [1.807, 2.05) is 6.92 Å². The van der Waals surface area contributed by atoms with Crippen molar-refractivity contribution in [3.05, 3.63) is 0 Å². The number of carbonyl (C=O) groups is 2. The lowest BCUT2D eigenvalue weighted by Crippen LogP contribution is -2.43. The second-order valence-electron chi connectivity index (χ2n) is 6.23. The summed E-state index contributed by atoms with van der Waals surface area (Å²) in [7, 11) is 1.80. The van der Waals surface area contributed by atoms with Gasteiger partial charge in [0.05, 0.1) is 11.8 Å². The van der Waals surface area contributed by atoms with Gasteiger partial charge in [-0.05, 0) is 31.6 Å². The number of carbonyl (C=O) groups excluding carboxylic acids is 1. The fourth-order valence-electron chi connectivity index (χ4n) is 2.93. The largest absolute Gasteiger partial charge is 0.481 e. The molecule has 1 fully saturated rings. The summed E-state index contributed by atoms with van der Waals surface area (Å²) >= 11 is 0. The molecule has 4 unspecified atom stereocenters. The minimum Gasteiger partial charge on any atom is -0.481 e. The maximum Gasteiger partial charge on any atom is 0.307 e. The molecule has 0 saturated heterocycles. The first-order valence-electron chi connectivity index (χ1n) is 7.29. The molecule has 0 radical (unpaired) electrons. The molecule has 0 aliphatic heterocycles. The highest BCUT2D eigenvalue weighted by Crippen LogP contribution is 2.39. The van der Waals surface area contributed by atoms with Gasteiger partial charge in [-0.15, -0.1) is 0 Å². The number of hydrogen-bond acceptors (Lipinski definition) is 2. The Balaban J connectivity index is 2.81. The lowest BCUT2D eigenvalue weighted by Gasteiger charge is -2.31. The van der Waals surface area contributed by atoms with E-state index in [1.165, 1.54) is 0 Å². The van der Waals surface area contributed by atoms with Gasteiger partial charge in [0, 0.05) is 13.1 Å². The second-order valence-corrected chi connectivity index (χ2v) is 6.23. The summed E-state index contributed by atoms with van der Waals surface area (Å²) in [5.74, 6) is -0.907. The molecule has 0 aromatic carbocycles. The van der Waals surface area contributed by atoms with Crippen LogP contribution in [0.5, 0.6) is 0 Å². The first kappa shape index (κ1) is 16.0. The van der Waals surface area contributed by atoms with Crippen LogP contribution in [0.3, 0.4) is 0 Å². The number of hydrogen-bond donors (Lipinski definition) is 1. The molecule has 4 heteroatoms. The van der Waals surface area contributed by atoms with E-state index in [9.17, 15) is 14.7 Å². The van der Waals surface area contributed by atoms with Crippen LogP contribution in [0.25, 0.3) is 0 Å². The lowest BCUT2D eigenvalue weighted by atomic mass is 9.93. The molecule has 110 valence electrons. The zero-order valence-electron chi connectivity index (χ0n) is 12.7. The first-order chi connectivity index (χ1) is 8.79. The number of amides is 1. The van der Waals surface area contributed by atoms with Crippen LogP contribution in [0.1, 0.15) is 47.0 Å². The molecule has 19 heavy (non-hydrogen) atoms. The second kappa shape index (κ2) is 6.40. The number of nitrogens with zero attached hydrogens (tertiary/aromatic N) is 1. The van der Waals surface area contributed by atoms with Crippen LogP contribution in [0, 0.1) is 23.7 Å². The molecule has 1 rings (SSSR count). The van der Waals surface area contributed by atoms with E-state index >= 15 is 0 Å². The van der Waals surface area contributed by atoms with Crippen molar-refractivity contribution in [1.82, 2.24) is 4.90 Å². The molecular formula is C15H27NO3. The van der Waals surface area contributed by atoms with E-state index in [4.69, 9.17) is 0 Å². The molecule has 0 bridgehead atoms. The van der Waals surface area contributed by atoms with Gasteiger partial charge in [0.25, 0.3) is 0 Å². The predicted octanol–water partition coefficient (Wildman–Crippen LogP) is 2.63. The van der Waals surface area contributed by atoms with Crippen molar-refractivity contribution < 1.29 is 14.7 Å². The van der Waals surface area contributed by atoms with Crippen LogP contribution in [-0.4, -0.2) is 35.0 Å². The zero-order chi connectivity index (χ0) is 14.7. The van der Waals surface area contributed by atoms with Crippen molar-refractivity contribution in [3.63, 3.8) is 0 Å². The van der Waals surface area contributed by atoms with Gasteiger partial charge < -0.3 is 10.0 Å². The molecule has 1 N–H and O–H groups in total. The monoisotopic (exact) mass is 269 g/mol. The third-order valence-electron chi connectivity index (χ3n) is 4.80. The maximum atomic E-state index is 12.5. The van der Waals surface area contributed by atoms with Gasteiger partial charge >= 0.3 is 5.97 Å². The third kappa shape index (κ3) is 3.48. The number of carboxylic acid groups (broad SMARTS) is 1. The SMILES string of the molecule is CCC1CC(C(=O)O)C(C(=O)N(C)C(C)C(C)C)C1. The molecular weight excluding hydrogens is 242 g/mol. The van der Waals surface area contributed by atoms with Crippen LogP contribution >= 0.6 is 0 Å². The fourth-order valence-corrected chi connectivity index (χ4v) is 2.93. The molecule has 1 aliphatic carbocycles. The molecule has 4 nitrogen and oxygen atoms in total. The highest BCUT2D eigenvalue weighted by molar-refractivity contribution is 5.85. The first-order valence-corrected chi connectivity index (χ1v) is 7.29. The summed E-state index contributed by atoms with van der Waals surface area (Å²) in [4.78, 5) is 25.6. The van der Waals surface area contributed by atoms with Gasteiger partial charge in [0.1, 0.15) is 0 Å². The molecule has 0 heterocycles. The van der Waals surface area contributed by atoms with E-state index < -0.39 is 11.9 Å². The number of rotatable bonds is 5. The van der Waals surface area contributed by atoms with Crippen LogP contribution in [-0.2, 0) is 9.59 Å². The van der Waals surface area contributed by atoms with E-state index in [1.54, 1.807) is 11.9 Å². The Morgan fingerprint density at radius 3 is 2.16 bits per heavy atom. The normalized spacial score (nSPS) is 28.4. The van der Waals surface area contributed by atoms with Gasteiger partial charge in [-0.25, -0.2) is 0 Å². The average molecular weight is 269 g/mol. The van der Waals surface area contributed by atoms with Gasteiger partial charge in [-0.1, -0.05) is 27.2 Å². The molecule has 1 saturated carbocycles. The van der Waals surface area contributed by atoms with Crippen molar-refractivity contribution in [2.45, 2.75) is 53.0 Å². The van der Waals surface area contributed by atoms with E-state index in [-0.39, 0.29) is 17.9 Å². The Labute approximate surface area is 116 Å². The van der Waals surface area contributed by atoms with Crippen molar-refractivity contribution in [2.75, 3.05) is 7.05 Å². The lowest BCUT2D eigenvalue weighted by molar-refractivity contribution is -0.149. The van der Waals surface area contributed by atoms with Crippen LogP contribution < -0.4 is 0 Å². The third-order valence-corrected chi connectivity index (χ3v) is 4.80. The summed E-state index contributed by atoms with van der Waals surface area (Å²) in [5, 5.41) is 9.30. The van der Waals surface area contributed by atoms with Crippen molar-refractivity contribution in [3.8, 4) is 0 Å². The quantitative estimate of drug-likeness (QED) is 0.834. The Morgan fingerprint density at radius 2 is 1.74 bits per heavy atom. The topological polar surface area (TPSA) is 57.6 Å². The van der Waals surface area contributed by atoms with Gasteiger partial charge in [0.2, 0.25) is 5.91 Å². The van der Waals surface area contributed by atoms with Gasteiger partial charge in [-0.3, -0.25) is 9.59 Å². The summed E-state index contributed by atoms with van der Waals surface area (Å²) < 4.78 is 0. The Hall–Kier alpha value is -1.06. The van der Waals surface area contributed by atoms with Gasteiger partial charge in [-0.2, -0.15) is 0 Å². The number of carboxylic acids is 1. The highest BCUT2D eigenvalue weighted by Gasteiger charge is 2.43. The van der Waals surface area contributed by atoms with E-state index in [0.29, 0.717) is 18.3 Å². The highest BCUT2D eigenvalue weighted by atomic mass is 16.4. The van der Waals surface area contributed by atoms with Crippen LogP contribution in [0.2, 0.25) is 0 Å². The summed E-state index contributed by atoms with van der Waals surface area (Å²) in [5.41, 5.74) is 0. The van der Waals surface area contributed by atoms with Crippen molar-refractivity contribution >= 4 is 11.9 Å². The summed E-state index contributed by atoms with van der Waals surface area (Å²) in [6.45, 7) is 8.24. The fraction of sp³-hybridized carbons (Fsp3) is 0.867. The maximum absolute atomic E-state index is 12.5.